The molecule has 0 aromatic rings. The minimum atomic E-state index is -2.41. The summed E-state index contributed by atoms with van der Waals surface area (Å²) in [5.41, 5.74) is 0. The van der Waals surface area contributed by atoms with Gasteiger partial charge in [0.05, 0.1) is 0 Å². The molecule has 48 valence electrons. The highest BCUT2D eigenvalue weighted by Gasteiger charge is 2.03. The van der Waals surface area contributed by atoms with Gasteiger partial charge in [0, 0.05) is 17.7 Å². The maximum Gasteiger partial charge on any atom is 0.467 e. The number of nitrogens with one attached hydrogen (secondary N) is 1. The second kappa shape index (κ2) is 3.99. The van der Waals surface area contributed by atoms with Gasteiger partial charge in [0.15, 0.2) is 0 Å². The molecule has 1 atom stereocenters. The summed E-state index contributed by atoms with van der Waals surface area (Å²) in [6.07, 6.45) is -0.365. The topological polar surface area (TPSA) is 92.6 Å². The molecule has 7 heteroatoms. The van der Waals surface area contributed by atoms with E-state index in [0.29, 0.717) is 0 Å². The van der Waals surface area contributed by atoms with Crippen LogP contribution in [-0.4, -0.2) is 32.4 Å². The molecule has 0 fully saturated rings. The van der Waals surface area contributed by atoms with Crippen LogP contribution in [0.2, 0.25) is 0 Å². The van der Waals surface area contributed by atoms with E-state index in [4.69, 9.17) is 10.0 Å². The lowest BCUT2D eigenvalue weighted by atomic mass is 9.94. The second-order valence-electron chi connectivity index (χ2n) is 1.06. The Morgan fingerprint density at radius 1 is 1.75 bits per heavy atom. The monoisotopic (exact) mass is 138 g/mol. The molecule has 0 heterocycles. The molecule has 0 amide bonds. The third-order valence-corrected chi connectivity index (χ3v) is 0.786. The molecular weight excluding hydrogens is 133 g/mol. The van der Waals surface area contributed by atoms with E-state index in [-0.39, 0.29) is 6.44 Å². The molecule has 0 aromatic carbocycles. The van der Waals surface area contributed by atoms with Gasteiger partial charge in [0.1, 0.15) is 0 Å². The fourth-order valence-corrected chi connectivity index (χ4v) is 0.428. The molecule has 0 aliphatic rings. The van der Waals surface area contributed by atoms with Gasteiger partial charge in [0.25, 0.3) is 0 Å². The summed E-state index contributed by atoms with van der Waals surface area (Å²) in [4.78, 5) is 0. The average molecular weight is 138 g/mol. The molecule has 8 heavy (non-hydrogen) atoms. The van der Waals surface area contributed by atoms with E-state index in [0.717, 1.165) is 0 Å². The van der Waals surface area contributed by atoms with Crippen molar-refractivity contribution < 1.29 is 18.8 Å². The third kappa shape index (κ3) is 6.05. The standard InChI is InChI=1S/CH6BNO4S/c4-2(5)1-3-8(6)7/h3-5H,1H2,(H,6,7)/p-1. The van der Waals surface area contributed by atoms with Crippen LogP contribution in [0.1, 0.15) is 0 Å². The molecule has 0 spiro atoms. The molecular formula is CH5BNO4S-. The quantitative estimate of drug-likeness (QED) is 0.294. The van der Waals surface area contributed by atoms with E-state index in [1.165, 1.54) is 0 Å². The molecule has 0 saturated heterocycles. The lowest BCUT2D eigenvalue weighted by Crippen LogP contribution is -2.31. The minimum Gasteiger partial charge on any atom is -0.760 e. The number of rotatable bonds is 3. The normalized spacial score (nSPS) is 13.4. The lowest BCUT2D eigenvalue weighted by molar-refractivity contribution is 0.403. The van der Waals surface area contributed by atoms with Gasteiger partial charge in [-0.15, -0.1) is 0 Å². The molecule has 0 rings (SSSR count). The molecule has 3 N–H and O–H groups in total. The molecule has 0 aromatic heterocycles. The Kier molecular flexibility index (Phi) is 4.01. The van der Waals surface area contributed by atoms with Gasteiger partial charge in [-0.3, -0.25) is 8.93 Å². The zero-order valence-electron chi connectivity index (χ0n) is 3.90. The lowest BCUT2D eigenvalue weighted by Gasteiger charge is -2.04. The van der Waals surface area contributed by atoms with Crippen LogP contribution < -0.4 is 4.72 Å². The molecule has 0 radical (unpaired) electrons. The Morgan fingerprint density at radius 3 is 2.38 bits per heavy atom. The fourth-order valence-electron chi connectivity index (χ4n) is 0.143. The first-order valence-corrected chi connectivity index (χ1v) is 2.89. The molecule has 0 aliphatic carbocycles. The van der Waals surface area contributed by atoms with Crippen molar-refractivity contribution in [3.8, 4) is 0 Å². The predicted molar refractivity (Wildman–Crippen MR) is 27.1 cm³/mol. The second-order valence-corrected chi connectivity index (χ2v) is 1.82. The summed E-state index contributed by atoms with van der Waals surface area (Å²) in [5.74, 6) is 0. The van der Waals surface area contributed by atoms with Gasteiger partial charge < -0.3 is 14.6 Å². The van der Waals surface area contributed by atoms with E-state index < -0.39 is 18.4 Å². The SMILES string of the molecule is O=S([O-])NCB(O)O. The highest BCUT2D eigenvalue weighted by Crippen LogP contribution is 1.64. The molecule has 0 aliphatic heterocycles. The van der Waals surface area contributed by atoms with E-state index in [2.05, 4.69) is 0 Å². The smallest absolute Gasteiger partial charge is 0.467 e. The van der Waals surface area contributed by atoms with Crippen molar-refractivity contribution in [3.05, 3.63) is 0 Å². The Balaban J connectivity index is 3.05. The van der Waals surface area contributed by atoms with Crippen molar-refractivity contribution >= 4 is 18.4 Å². The van der Waals surface area contributed by atoms with Crippen molar-refractivity contribution in [3.63, 3.8) is 0 Å². The number of hydrogen-bond acceptors (Lipinski definition) is 4. The van der Waals surface area contributed by atoms with E-state index >= 15 is 0 Å². The first-order chi connectivity index (χ1) is 3.63. The van der Waals surface area contributed by atoms with E-state index in [1.54, 1.807) is 4.72 Å². The van der Waals surface area contributed by atoms with Crippen LogP contribution in [0.4, 0.5) is 0 Å². The zero-order chi connectivity index (χ0) is 6.57. The molecule has 0 saturated carbocycles. The summed E-state index contributed by atoms with van der Waals surface area (Å²) in [7, 11) is -1.62. The van der Waals surface area contributed by atoms with Gasteiger partial charge in [-0.25, -0.2) is 0 Å². The fraction of sp³-hybridized carbons (Fsp3) is 1.00. The van der Waals surface area contributed by atoms with Crippen molar-refractivity contribution in [1.82, 2.24) is 4.72 Å². The Labute approximate surface area is 49.3 Å². The van der Waals surface area contributed by atoms with Crippen molar-refractivity contribution in [2.75, 3.05) is 6.44 Å². The first kappa shape index (κ1) is 8.05. The van der Waals surface area contributed by atoms with Gasteiger partial charge in [-0.05, 0) is 0 Å². The third-order valence-electron chi connectivity index (χ3n) is 0.384. The first-order valence-electron chi connectivity index (χ1n) is 1.82. The Bertz CT molecular complexity index is 86.1. The zero-order valence-corrected chi connectivity index (χ0v) is 4.72. The van der Waals surface area contributed by atoms with Crippen LogP contribution in [-0.2, 0) is 11.3 Å². The summed E-state index contributed by atoms with van der Waals surface area (Å²) >= 11 is -2.41. The van der Waals surface area contributed by atoms with Gasteiger partial charge in [0.2, 0.25) is 0 Å². The van der Waals surface area contributed by atoms with Crippen LogP contribution in [0, 0.1) is 0 Å². The van der Waals surface area contributed by atoms with Gasteiger partial charge in [-0.1, -0.05) is 0 Å². The van der Waals surface area contributed by atoms with Crippen LogP contribution in [0.3, 0.4) is 0 Å². The highest BCUT2D eigenvalue weighted by atomic mass is 32.2. The van der Waals surface area contributed by atoms with Crippen LogP contribution in [0.15, 0.2) is 0 Å². The summed E-state index contributed by atoms with van der Waals surface area (Å²) in [6, 6.07) is 0. The molecule has 0 bridgehead atoms. The van der Waals surface area contributed by atoms with Gasteiger partial charge >= 0.3 is 7.12 Å². The average Bonchev–Trinajstić information content (AvgIpc) is 1.61. The van der Waals surface area contributed by atoms with E-state index in [9.17, 15) is 8.76 Å². The summed E-state index contributed by atoms with van der Waals surface area (Å²) < 4.78 is 20.9. The molecule has 1 unspecified atom stereocenters. The Morgan fingerprint density at radius 2 is 2.25 bits per heavy atom. The van der Waals surface area contributed by atoms with Crippen LogP contribution >= 0.6 is 0 Å². The van der Waals surface area contributed by atoms with Crippen molar-refractivity contribution in [1.29, 1.82) is 0 Å². The van der Waals surface area contributed by atoms with Crippen molar-refractivity contribution in [2.45, 2.75) is 0 Å². The Hall–Kier alpha value is 0.0549. The number of hydrogen-bond donors (Lipinski definition) is 3. The van der Waals surface area contributed by atoms with Crippen molar-refractivity contribution in [2.24, 2.45) is 0 Å². The maximum atomic E-state index is 9.57. The van der Waals surface area contributed by atoms with E-state index in [1.807, 2.05) is 0 Å². The van der Waals surface area contributed by atoms with Gasteiger partial charge in [-0.2, -0.15) is 0 Å². The van der Waals surface area contributed by atoms with Crippen LogP contribution in [0.5, 0.6) is 0 Å². The summed E-state index contributed by atoms with van der Waals surface area (Å²) in [6.45, 7) is 0. The minimum absolute atomic E-state index is 0.365. The highest BCUT2D eigenvalue weighted by molar-refractivity contribution is 7.77. The maximum absolute atomic E-state index is 9.57. The summed E-state index contributed by atoms with van der Waals surface area (Å²) in [5, 5.41) is 16.0. The largest absolute Gasteiger partial charge is 0.760 e. The molecule has 5 nitrogen and oxygen atoms in total. The predicted octanol–water partition coefficient (Wildman–Crippen LogP) is -2.62. The van der Waals surface area contributed by atoms with Crippen LogP contribution in [0.25, 0.3) is 0 Å².